The van der Waals surface area contributed by atoms with Gasteiger partial charge in [-0.2, -0.15) is 5.26 Å². The number of hydrogen-bond acceptors (Lipinski definition) is 4. The van der Waals surface area contributed by atoms with Gasteiger partial charge in [0.2, 0.25) is 0 Å². The molecule has 0 saturated heterocycles. The number of amides is 1. The number of aromatic nitrogens is 1. The number of anilines is 1. The molecular formula is C27H23N3OS. The molecule has 0 atom stereocenters. The molecular weight excluding hydrogens is 414 g/mol. The number of fused-ring (bicyclic) bond motifs is 1. The molecule has 1 aromatic heterocycles. The van der Waals surface area contributed by atoms with Crippen LogP contribution in [0.25, 0.3) is 26.9 Å². The van der Waals surface area contributed by atoms with Crippen LogP contribution in [0.1, 0.15) is 36.5 Å². The summed E-state index contributed by atoms with van der Waals surface area (Å²) in [6, 6.07) is 23.6. The lowest BCUT2D eigenvalue weighted by Gasteiger charge is -2.06. The number of nitrogens with one attached hydrogen (secondary N) is 1. The van der Waals surface area contributed by atoms with Crippen molar-refractivity contribution in [3.63, 3.8) is 0 Å². The van der Waals surface area contributed by atoms with Crippen LogP contribution in [0, 0.1) is 18.3 Å². The van der Waals surface area contributed by atoms with Gasteiger partial charge >= 0.3 is 0 Å². The zero-order valence-corrected chi connectivity index (χ0v) is 19.0. The van der Waals surface area contributed by atoms with Gasteiger partial charge in [-0.3, -0.25) is 4.79 Å². The Morgan fingerprint density at radius 2 is 1.78 bits per heavy atom. The van der Waals surface area contributed by atoms with E-state index >= 15 is 0 Å². The molecule has 32 heavy (non-hydrogen) atoms. The van der Waals surface area contributed by atoms with E-state index in [2.05, 4.69) is 38.2 Å². The maximum absolute atomic E-state index is 12.6. The molecule has 4 nitrogen and oxygen atoms in total. The molecule has 0 aliphatic rings. The van der Waals surface area contributed by atoms with Crippen LogP contribution in [-0.2, 0) is 4.79 Å². The van der Waals surface area contributed by atoms with Crippen molar-refractivity contribution in [3.05, 3.63) is 89.0 Å². The van der Waals surface area contributed by atoms with E-state index in [1.807, 2.05) is 60.7 Å². The Labute approximate surface area is 191 Å². The van der Waals surface area contributed by atoms with E-state index in [1.165, 1.54) is 11.1 Å². The van der Waals surface area contributed by atoms with Gasteiger partial charge in [0, 0.05) is 11.3 Å². The van der Waals surface area contributed by atoms with Gasteiger partial charge in [-0.05, 0) is 72.0 Å². The summed E-state index contributed by atoms with van der Waals surface area (Å²) in [5, 5.41) is 13.2. The lowest BCUT2D eigenvalue weighted by atomic mass is 10.0. The highest BCUT2D eigenvalue weighted by Crippen LogP contribution is 2.31. The van der Waals surface area contributed by atoms with Crippen LogP contribution < -0.4 is 5.32 Å². The van der Waals surface area contributed by atoms with Crippen LogP contribution in [0.15, 0.2) is 72.3 Å². The van der Waals surface area contributed by atoms with Crippen LogP contribution in [0.5, 0.6) is 0 Å². The van der Waals surface area contributed by atoms with Crippen LogP contribution in [0.4, 0.5) is 5.69 Å². The quantitative estimate of drug-likeness (QED) is 0.272. The Hall–Kier alpha value is -3.75. The highest BCUT2D eigenvalue weighted by atomic mass is 32.1. The third-order valence-corrected chi connectivity index (χ3v) is 6.28. The zero-order valence-electron chi connectivity index (χ0n) is 18.2. The molecule has 1 amide bonds. The summed E-state index contributed by atoms with van der Waals surface area (Å²) in [6.45, 7) is 6.32. The fourth-order valence-electron chi connectivity index (χ4n) is 3.34. The van der Waals surface area contributed by atoms with E-state index in [0.717, 1.165) is 26.4 Å². The van der Waals surface area contributed by atoms with Gasteiger partial charge in [-0.1, -0.05) is 44.2 Å². The summed E-state index contributed by atoms with van der Waals surface area (Å²) in [4.78, 5) is 17.3. The standard InChI is InChI=1S/C27H23N3OS/c1-17(2)20-7-5-19(6-8-20)15-22(16-28)26(31)29-23-11-9-21(10-12-23)27-30-24-13-4-18(3)14-25(24)32-27/h4-15,17H,1-3H3,(H,29,31). The van der Waals surface area contributed by atoms with Crippen molar-refractivity contribution < 1.29 is 4.79 Å². The fourth-order valence-corrected chi connectivity index (χ4v) is 4.41. The first-order valence-electron chi connectivity index (χ1n) is 10.4. The SMILES string of the molecule is Cc1ccc2nc(-c3ccc(NC(=O)C(C#N)=Cc4ccc(C(C)C)cc4)cc3)sc2c1. The Bertz CT molecular complexity index is 1340. The van der Waals surface area contributed by atoms with E-state index in [1.54, 1.807) is 17.4 Å². The van der Waals surface area contributed by atoms with Crippen LogP contribution in [0.3, 0.4) is 0 Å². The predicted molar refractivity (Wildman–Crippen MR) is 133 cm³/mol. The van der Waals surface area contributed by atoms with Gasteiger partial charge in [0.25, 0.3) is 5.91 Å². The van der Waals surface area contributed by atoms with Crippen molar-refractivity contribution in [1.29, 1.82) is 5.26 Å². The monoisotopic (exact) mass is 437 g/mol. The Balaban J connectivity index is 1.49. The Morgan fingerprint density at radius 1 is 1.06 bits per heavy atom. The molecule has 0 bridgehead atoms. The summed E-state index contributed by atoms with van der Waals surface area (Å²) in [5.41, 5.74) is 5.92. The number of aryl methyl sites for hydroxylation is 1. The molecule has 0 spiro atoms. The molecule has 0 unspecified atom stereocenters. The van der Waals surface area contributed by atoms with Crippen molar-refractivity contribution in [2.75, 3.05) is 5.32 Å². The third kappa shape index (κ3) is 4.77. The second-order valence-electron chi connectivity index (χ2n) is 8.01. The summed E-state index contributed by atoms with van der Waals surface area (Å²) in [5.74, 6) is 0.00487. The minimum absolute atomic E-state index is 0.0629. The van der Waals surface area contributed by atoms with E-state index < -0.39 is 5.91 Å². The molecule has 0 aliphatic carbocycles. The average Bonchev–Trinajstić information content (AvgIpc) is 3.21. The maximum Gasteiger partial charge on any atom is 0.266 e. The number of carbonyl (C=O) groups excluding carboxylic acids is 1. The van der Waals surface area contributed by atoms with E-state index in [0.29, 0.717) is 11.6 Å². The Kier molecular flexibility index (Phi) is 6.16. The molecule has 0 radical (unpaired) electrons. The highest BCUT2D eigenvalue weighted by Gasteiger charge is 2.11. The smallest absolute Gasteiger partial charge is 0.266 e. The predicted octanol–water partition coefficient (Wildman–Crippen LogP) is 6.94. The summed E-state index contributed by atoms with van der Waals surface area (Å²) in [7, 11) is 0. The van der Waals surface area contributed by atoms with Crippen molar-refractivity contribution >= 4 is 39.2 Å². The number of hydrogen-bond donors (Lipinski definition) is 1. The molecule has 1 N–H and O–H groups in total. The topological polar surface area (TPSA) is 65.8 Å². The van der Waals surface area contributed by atoms with Crippen LogP contribution >= 0.6 is 11.3 Å². The van der Waals surface area contributed by atoms with Gasteiger partial charge in [0.15, 0.2) is 0 Å². The summed E-state index contributed by atoms with van der Waals surface area (Å²) < 4.78 is 1.16. The van der Waals surface area contributed by atoms with Gasteiger partial charge < -0.3 is 5.32 Å². The number of rotatable bonds is 5. The molecule has 1 heterocycles. The summed E-state index contributed by atoms with van der Waals surface area (Å²) in [6.07, 6.45) is 1.61. The van der Waals surface area contributed by atoms with Crippen molar-refractivity contribution in [1.82, 2.24) is 4.98 Å². The zero-order chi connectivity index (χ0) is 22.7. The lowest BCUT2D eigenvalue weighted by molar-refractivity contribution is -0.112. The molecule has 0 saturated carbocycles. The van der Waals surface area contributed by atoms with Gasteiger partial charge in [0.05, 0.1) is 10.2 Å². The fraction of sp³-hybridized carbons (Fsp3) is 0.148. The molecule has 3 aromatic carbocycles. The normalized spacial score (nSPS) is 11.5. The average molecular weight is 438 g/mol. The number of thiazole rings is 1. The highest BCUT2D eigenvalue weighted by molar-refractivity contribution is 7.21. The minimum atomic E-state index is -0.427. The van der Waals surface area contributed by atoms with Gasteiger partial charge in [-0.15, -0.1) is 11.3 Å². The Morgan fingerprint density at radius 3 is 2.44 bits per heavy atom. The number of nitriles is 1. The third-order valence-electron chi connectivity index (χ3n) is 5.21. The number of benzene rings is 3. The van der Waals surface area contributed by atoms with Gasteiger partial charge in [-0.25, -0.2) is 4.98 Å². The minimum Gasteiger partial charge on any atom is -0.321 e. The second kappa shape index (κ2) is 9.17. The summed E-state index contributed by atoms with van der Waals surface area (Å²) >= 11 is 1.65. The first kappa shape index (κ1) is 21.5. The van der Waals surface area contributed by atoms with Gasteiger partial charge in [0.1, 0.15) is 16.6 Å². The van der Waals surface area contributed by atoms with Crippen molar-refractivity contribution in [2.24, 2.45) is 0 Å². The van der Waals surface area contributed by atoms with E-state index in [-0.39, 0.29) is 5.57 Å². The van der Waals surface area contributed by atoms with Crippen LogP contribution in [0.2, 0.25) is 0 Å². The molecule has 0 aliphatic heterocycles. The molecule has 0 fully saturated rings. The van der Waals surface area contributed by atoms with E-state index in [9.17, 15) is 10.1 Å². The second-order valence-corrected chi connectivity index (χ2v) is 9.04. The van der Waals surface area contributed by atoms with Crippen molar-refractivity contribution in [2.45, 2.75) is 26.7 Å². The molecule has 5 heteroatoms. The first-order chi connectivity index (χ1) is 15.4. The molecule has 4 rings (SSSR count). The first-order valence-corrected chi connectivity index (χ1v) is 11.3. The number of carbonyl (C=O) groups is 1. The molecule has 4 aromatic rings. The number of nitrogens with zero attached hydrogens (tertiary/aromatic N) is 2. The largest absolute Gasteiger partial charge is 0.321 e. The van der Waals surface area contributed by atoms with Crippen LogP contribution in [-0.4, -0.2) is 10.9 Å². The van der Waals surface area contributed by atoms with E-state index in [4.69, 9.17) is 4.98 Å². The maximum atomic E-state index is 12.6. The van der Waals surface area contributed by atoms with Crippen molar-refractivity contribution in [3.8, 4) is 16.6 Å². The molecule has 158 valence electrons. The lowest BCUT2D eigenvalue weighted by Crippen LogP contribution is -2.13.